The van der Waals surface area contributed by atoms with E-state index in [0.717, 1.165) is 17.0 Å². The van der Waals surface area contributed by atoms with E-state index >= 15 is 0 Å². The van der Waals surface area contributed by atoms with E-state index in [9.17, 15) is 14.4 Å². The number of ether oxygens (including phenoxy) is 3. The fourth-order valence-electron chi connectivity index (χ4n) is 3.44. The van der Waals surface area contributed by atoms with Crippen LogP contribution in [0.15, 0.2) is 30.6 Å². The summed E-state index contributed by atoms with van der Waals surface area (Å²) in [5.41, 5.74) is 2.50. The molecule has 2 amide bonds. The zero-order valence-electron chi connectivity index (χ0n) is 17.0. The number of H-pyrrole nitrogens is 1. The van der Waals surface area contributed by atoms with Crippen LogP contribution in [0.4, 0.5) is 4.79 Å². The Morgan fingerprint density at radius 1 is 1.20 bits per heavy atom. The second-order valence-corrected chi connectivity index (χ2v) is 6.69. The fraction of sp³-hybridized carbons (Fsp3) is 0.400. The largest absolute Gasteiger partial charge is 0.497 e. The molecule has 1 aromatic heterocycles. The van der Waals surface area contributed by atoms with Crippen LogP contribution in [0.1, 0.15) is 29.4 Å². The quantitative estimate of drug-likeness (QED) is 0.678. The van der Waals surface area contributed by atoms with Gasteiger partial charge in [0.15, 0.2) is 0 Å². The second kappa shape index (κ2) is 9.29. The van der Waals surface area contributed by atoms with Crippen molar-refractivity contribution in [3.05, 3.63) is 47.5 Å². The summed E-state index contributed by atoms with van der Waals surface area (Å²) in [6.07, 6.45) is 1.84. The van der Waals surface area contributed by atoms with Gasteiger partial charge in [0.1, 0.15) is 17.8 Å². The van der Waals surface area contributed by atoms with Crippen LogP contribution in [-0.2, 0) is 25.5 Å². The molecule has 2 aromatic rings. The maximum atomic E-state index is 13.1. The molecule has 0 unspecified atom stereocenters. The first kappa shape index (κ1) is 21.2. The van der Waals surface area contributed by atoms with Crippen LogP contribution in [0.25, 0.3) is 0 Å². The molecular formula is C20H24N4O6. The number of urea groups is 1. The van der Waals surface area contributed by atoms with Gasteiger partial charge in [-0.1, -0.05) is 12.1 Å². The van der Waals surface area contributed by atoms with Gasteiger partial charge in [0.25, 0.3) is 0 Å². The highest BCUT2D eigenvalue weighted by molar-refractivity contribution is 5.87. The van der Waals surface area contributed by atoms with Gasteiger partial charge < -0.3 is 29.4 Å². The van der Waals surface area contributed by atoms with Crippen molar-refractivity contribution in [3.63, 3.8) is 0 Å². The SMILES string of the molecule is COC(=O)C[C@@H](NC(=O)N1CCc2[nH]cnc2[C@H]1c1ccc(OC)cc1)C(=O)OC. The Morgan fingerprint density at radius 3 is 2.57 bits per heavy atom. The van der Waals surface area contributed by atoms with Gasteiger partial charge in [-0.3, -0.25) is 4.79 Å². The minimum atomic E-state index is -1.16. The number of methoxy groups -OCH3 is 3. The predicted octanol–water partition coefficient (Wildman–Crippen LogP) is 1.18. The zero-order chi connectivity index (χ0) is 21.7. The number of rotatable bonds is 6. The average Bonchev–Trinajstić information content (AvgIpc) is 3.26. The molecule has 0 saturated heterocycles. The minimum Gasteiger partial charge on any atom is -0.497 e. The summed E-state index contributed by atoms with van der Waals surface area (Å²) >= 11 is 0. The summed E-state index contributed by atoms with van der Waals surface area (Å²) in [7, 11) is 3.98. The smallest absolute Gasteiger partial charge is 0.329 e. The minimum absolute atomic E-state index is 0.330. The van der Waals surface area contributed by atoms with Gasteiger partial charge in [-0.2, -0.15) is 0 Å². The lowest BCUT2D eigenvalue weighted by molar-refractivity contribution is -0.149. The molecule has 0 radical (unpaired) electrons. The average molecular weight is 416 g/mol. The lowest BCUT2D eigenvalue weighted by Crippen LogP contribution is -2.52. The summed E-state index contributed by atoms with van der Waals surface area (Å²) in [6.45, 7) is 0.393. The number of aromatic nitrogens is 2. The monoisotopic (exact) mass is 416 g/mol. The van der Waals surface area contributed by atoms with Crippen LogP contribution in [-0.4, -0.2) is 66.8 Å². The summed E-state index contributed by atoms with van der Waals surface area (Å²) in [4.78, 5) is 46.0. The summed E-state index contributed by atoms with van der Waals surface area (Å²) in [5.74, 6) is -0.672. The number of fused-ring (bicyclic) bond motifs is 1. The lowest BCUT2D eigenvalue weighted by Gasteiger charge is -2.36. The first-order chi connectivity index (χ1) is 14.5. The van der Waals surface area contributed by atoms with E-state index in [-0.39, 0.29) is 6.42 Å². The van der Waals surface area contributed by atoms with E-state index < -0.39 is 30.1 Å². The lowest BCUT2D eigenvalue weighted by atomic mass is 9.96. The third-order valence-corrected chi connectivity index (χ3v) is 5.00. The van der Waals surface area contributed by atoms with Crippen LogP contribution in [0.2, 0.25) is 0 Å². The molecule has 10 heteroatoms. The topological polar surface area (TPSA) is 123 Å². The van der Waals surface area contributed by atoms with Crippen molar-refractivity contribution in [2.24, 2.45) is 0 Å². The number of nitrogens with zero attached hydrogens (tertiary/aromatic N) is 2. The molecule has 10 nitrogen and oxygen atoms in total. The molecule has 0 aliphatic carbocycles. The number of imidazole rings is 1. The van der Waals surface area contributed by atoms with Crippen molar-refractivity contribution in [2.75, 3.05) is 27.9 Å². The van der Waals surface area contributed by atoms with Crippen LogP contribution in [0.5, 0.6) is 5.75 Å². The molecule has 0 fully saturated rings. The van der Waals surface area contributed by atoms with Gasteiger partial charge >= 0.3 is 18.0 Å². The number of amides is 2. The van der Waals surface area contributed by atoms with Gasteiger partial charge in [-0.15, -0.1) is 0 Å². The Morgan fingerprint density at radius 2 is 1.93 bits per heavy atom. The normalized spacial score (nSPS) is 16.2. The number of carbonyl (C=O) groups is 3. The molecule has 1 aromatic carbocycles. The van der Waals surface area contributed by atoms with Crippen molar-refractivity contribution in [1.29, 1.82) is 0 Å². The van der Waals surface area contributed by atoms with E-state index in [2.05, 4.69) is 20.0 Å². The third kappa shape index (κ3) is 4.37. The molecule has 1 aliphatic rings. The van der Waals surface area contributed by atoms with Crippen LogP contribution in [0, 0.1) is 0 Å². The molecule has 1 aliphatic heterocycles. The first-order valence-electron chi connectivity index (χ1n) is 9.36. The van der Waals surface area contributed by atoms with Crippen molar-refractivity contribution in [2.45, 2.75) is 24.9 Å². The van der Waals surface area contributed by atoms with E-state index in [1.165, 1.54) is 14.2 Å². The summed E-state index contributed by atoms with van der Waals surface area (Å²) < 4.78 is 14.5. The fourth-order valence-corrected chi connectivity index (χ4v) is 3.44. The number of benzene rings is 1. The van der Waals surface area contributed by atoms with Gasteiger partial charge in [-0.05, 0) is 17.7 Å². The Balaban J connectivity index is 1.88. The Hall–Kier alpha value is -3.56. The molecule has 2 N–H and O–H groups in total. The summed E-state index contributed by atoms with van der Waals surface area (Å²) in [5, 5.41) is 2.60. The number of esters is 2. The number of nitrogens with one attached hydrogen (secondary N) is 2. The molecule has 0 bridgehead atoms. The van der Waals surface area contributed by atoms with Gasteiger partial charge in [0.05, 0.1) is 39.8 Å². The zero-order valence-corrected chi connectivity index (χ0v) is 17.0. The van der Waals surface area contributed by atoms with E-state index in [1.807, 2.05) is 12.1 Å². The molecular weight excluding hydrogens is 392 g/mol. The maximum Gasteiger partial charge on any atom is 0.329 e. The Labute approximate surface area is 173 Å². The van der Waals surface area contributed by atoms with Crippen LogP contribution in [0.3, 0.4) is 0 Å². The van der Waals surface area contributed by atoms with Crippen LogP contribution >= 0.6 is 0 Å². The molecule has 3 rings (SSSR count). The third-order valence-electron chi connectivity index (χ3n) is 5.00. The molecule has 2 heterocycles. The van der Waals surface area contributed by atoms with Crippen molar-refractivity contribution >= 4 is 18.0 Å². The predicted molar refractivity (Wildman–Crippen MR) is 105 cm³/mol. The van der Waals surface area contributed by atoms with E-state index in [1.54, 1.807) is 30.5 Å². The van der Waals surface area contributed by atoms with E-state index in [0.29, 0.717) is 18.7 Å². The van der Waals surface area contributed by atoms with E-state index in [4.69, 9.17) is 9.47 Å². The molecule has 0 spiro atoms. The van der Waals surface area contributed by atoms with Gasteiger partial charge in [0.2, 0.25) is 0 Å². The summed E-state index contributed by atoms with van der Waals surface area (Å²) in [6, 6.07) is 5.19. The molecule has 30 heavy (non-hydrogen) atoms. The number of aromatic amines is 1. The van der Waals surface area contributed by atoms with Gasteiger partial charge in [-0.25, -0.2) is 14.6 Å². The highest BCUT2D eigenvalue weighted by Gasteiger charge is 2.36. The molecule has 160 valence electrons. The maximum absolute atomic E-state index is 13.1. The number of hydrogen-bond acceptors (Lipinski definition) is 7. The highest BCUT2D eigenvalue weighted by atomic mass is 16.5. The highest BCUT2D eigenvalue weighted by Crippen LogP contribution is 2.34. The second-order valence-electron chi connectivity index (χ2n) is 6.69. The van der Waals surface area contributed by atoms with Gasteiger partial charge in [0, 0.05) is 18.7 Å². The standard InChI is InChI=1S/C20H24N4O6/c1-28-13-6-4-12(5-7-13)18-17-14(21-11-22-17)8-9-24(18)20(27)23-15(19(26)30-3)10-16(25)29-2/h4-7,11,15,18H,8-10H2,1-3H3,(H,21,22)(H,23,27)/t15-,18-/m1/s1. The van der Waals surface area contributed by atoms with Crippen molar-refractivity contribution in [1.82, 2.24) is 20.2 Å². The van der Waals surface area contributed by atoms with Crippen LogP contribution < -0.4 is 10.1 Å². The van der Waals surface area contributed by atoms with Crippen molar-refractivity contribution < 1.29 is 28.6 Å². The first-order valence-corrected chi connectivity index (χ1v) is 9.36. The molecule has 2 atom stereocenters. The van der Waals surface area contributed by atoms with Crippen molar-refractivity contribution in [3.8, 4) is 5.75 Å². The molecule has 0 saturated carbocycles. The number of carbonyl (C=O) groups excluding carboxylic acids is 3. The Bertz CT molecular complexity index is 910. The Kier molecular flexibility index (Phi) is 6.55. The number of hydrogen-bond donors (Lipinski definition) is 2.